The molecule has 0 aliphatic carbocycles. The van der Waals surface area contributed by atoms with Crippen molar-refractivity contribution in [3.8, 4) is 0 Å². The molecule has 0 bridgehead atoms. The van der Waals surface area contributed by atoms with Crippen LogP contribution in [0.1, 0.15) is 41.5 Å². The van der Waals surface area contributed by atoms with E-state index in [0.29, 0.717) is 13.2 Å². The van der Waals surface area contributed by atoms with Gasteiger partial charge in [-0.1, -0.05) is 35.9 Å². The molecule has 0 atom stereocenters. The highest BCUT2D eigenvalue weighted by Gasteiger charge is 2.49. The number of hydrogen-bond acceptors (Lipinski definition) is 3. The predicted octanol–water partition coefficient (Wildman–Crippen LogP) is 3.71. The van der Waals surface area contributed by atoms with Gasteiger partial charge in [-0.05, 0) is 41.5 Å². The summed E-state index contributed by atoms with van der Waals surface area (Å²) < 4.78 is 17.2. The summed E-state index contributed by atoms with van der Waals surface area (Å²) in [5, 5.41) is 0. The Labute approximate surface area is 123 Å². The van der Waals surface area contributed by atoms with Crippen molar-refractivity contribution in [2.24, 2.45) is 0 Å². The second-order valence-corrected chi connectivity index (χ2v) is 6.26. The van der Waals surface area contributed by atoms with E-state index in [2.05, 4.69) is 19.9 Å². The van der Waals surface area contributed by atoms with Gasteiger partial charge in [0.15, 0.2) is 0 Å². The van der Waals surface area contributed by atoms with Crippen molar-refractivity contribution in [1.82, 2.24) is 0 Å². The lowest BCUT2D eigenvalue weighted by molar-refractivity contribution is 0.00578. The zero-order chi connectivity index (χ0) is 15.2. The minimum atomic E-state index is -0.287. The summed E-state index contributed by atoms with van der Waals surface area (Å²) in [6, 6.07) is 0. The van der Waals surface area contributed by atoms with Crippen LogP contribution in [0.4, 0.5) is 0 Å². The van der Waals surface area contributed by atoms with Gasteiger partial charge in [0.2, 0.25) is 0 Å². The van der Waals surface area contributed by atoms with Crippen molar-refractivity contribution < 1.29 is 14.0 Å². The molecule has 20 heavy (non-hydrogen) atoms. The molecule has 1 rings (SSSR count). The number of ether oxygens (including phenoxy) is 1. The maximum atomic E-state index is 5.85. The van der Waals surface area contributed by atoms with E-state index >= 15 is 0 Å². The minimum absolute atomic E-state index is 0.282. The van der Waals surface area contributed by atoms with Gasteiger partial charge in [0.25, 0.3) is 0 Å². The smallest absolute Gasteiger partial charge is 0.400 e. The highest BCUT2D eigenvalue weighted by atomic mass is 16.7. The zero-order valence-corrected chi connectivity index (χ0v) is 13.6. The van der Waals surface area contributed by atoms with Gasteiger partial charge < -0.3 is 14.0 Å². The van der Waals surface area contributed by atoms with Crippen LogP contribution in [-0.4, -0.2) is 31.5 Å². The van der Waals surface area contributed by atoms with E-state index in [0.717, 1.165) is 0 Å². The average molecular weight is 278 g/mol. The third-order valence-electron chi connectivity index (χ3n) is 3.56. The molecular formula is C16H27BO3. The van der Waals surface area contributed by atoms with E-state index in [9.17, 15) is 0 Å². The molecule has 1 fully saturated rings. The SMILES string of the molecule is CC(C)=C/C=C/COC/C=C/B1OC(C)(C)C(C)(C)O1. The molecule has 0 unspecified atom stereocenters. The van der Waals surface area contributed by atoms with Gasteiger partial charge in [-0.2, -0.15) is 0 Å². The average Bonchev–Trinajstić information content (AvgIpc) is 2.50. The summed E-state index contributed by atoms with van der Waals surface area (Å²) in [6.45, 7) is 13.5. The van der Waals surface area contributed by atoms with Crippen LogP contribution in [0.2, 0.25) is 0 Å². The van der Waals surface area contributed by atoms with Gasteiger partial charge in [-0.25, -0.2) is 0 Å². The number of rotatable bonds is 6. The molecule has 0 radical (unpaired) electrons. The Morgan fingerprint density at radius 3 is 2.10 bits per heavy atom. The topological polar surface area (TPSA) is 27.7 Å². The molecule has 1 saturated heterocycles. The first-order chi connectivity index (χ1) is 9.24. The fraction of sp³-hybridized carbons (Fsp3) is 0.625. The normalized spacial score (nSPS) is 21.0. The van der Waals surface area contributed by atoms with Crippen LogP contribution in [0.25, 0.3) is 0 Å². The Morgan fingerprint density at radius 1 is 1.00 bits per heavy atom. The fourth-order valence-electron chi connectivity index (χ4n) is 1.65. The highest BCUT2D eigenvalue weighted by molar-refractivity contribution is 6.51. The Bertz CT molecular complexity index is 375. The molecular weight excluding hydrogens is 251 g/mol. The quantitative estimate of drug-likeness (QED) is 0.421. The number of allylic oxidation sites excluding steroid dienone is 3. The van der Waals surface area contributed by atoms with Crippen molar-refractivity contribution in [1.29, 1.82) is 0 Å². The first-order valence-electron chi connectivity index (χ1n) is 7.15. The lowest BCUT2D eigenvalue weighted by Gasteiger charge is -2.32. The lowest BCUT2D eigenvalue weighted by Crippen LogP contribution is -2.41. The van der Waals surface area contributed by atoms with Crippen LogP contribution < -0.4 is 0 Å². The van der Waals surface area contributed by atoms with Gasteiger partial charge in [0, 0.05) is 0 Å². The second-order valence-electron chi connectivity index (χ2n) is 6.26. The molecule has 1 aliphatic rings. The monoisotopic (exact) mass is 278 g/mol. The molecule has 1 aliphatic heterocycles. The standard InChI is InChI=1S/C16H27BO3/c1-14(2)10-7-8-12-18-13-9-11-17-19-15(3,4)16(5,6)20-17/h7-11H,12-13H2,1-6H3/b8-7+,11-9+. The summed E-state index contributed by atoms with van der Waals surface area (Å²) in [4.78, 5) is 0. The number of hydrogen-bond donors (Lipinski definition) is 0. The molecule has 0 aromatic heterocycles. The summed E-state index contributed by atoms with van der Waals surface area (Å²) in [7, 11) is -0.287. The van der Waals surface area contributed by atoms with E-state index in [-0.39, 0.29) is 18.3 Å². The second kappa shape index (κ2) is 7.25. The Morgan fingerprint density at radius 2 is 1.55 bits per heavy atom. The summed E-state index contributed by atoms with van der Waals surface area (Å²) >= 11 is 0. The zero-order valence-electron chi connectivity index (χ0n) is 13.6. The molecule has 112 valence electrons. The van der Waals surface area contributed by atoms with Crippen LogP contribution in [0.15, 0.2) is 35.9 Å². The molecule has 0 spiro atoms. The summed E-state index contributed by atoms with van der Waals surface area (Å²) in [5.41, 5.74) is 0.716. The third-order valence-corrected chi connectivity index (χ3v) is 3.56. The maximum Gasteiger partial charge on any atom is 0.486 e. The van der Waals surface area contributed by atoms with Crippen LogP contribution in [0, 0.1) is 0 Å². The van der Waals surface area contributed by atoms with Crippen molar-refractivity contribution in [3.63, 3.8) is 0 Å². The van der Waals surface area contributed by atoms with Crippen LogP contribution in [0.5, 0.6) is 0 Å². The molecule has 0 saturated carbocycles. The van der Waals surface area contributed by atoms with Gasteiger partial charge in [-0.15, -0.1) is 0 Å². The van der Waals surface area contributed by atoms with Crippen molar-refractivity contribution in [2.75, 3.05) is 13.2 Å². The molecule has 0 N–H and O–H groups in total. The van der Waals surface area contributed by atoms with Crippen molar-refractivity contribution in [2.45, 2.75) is 52.7 Å². The van der Waals surface area contributed by atoms with Gasteiger partial charge >= 0.3 is 7.12 Å². The molecule has 0 aromatic rings. The first kappa shape index (κ1) is 17.2. The Kier molecular flexibility index (Phi) is 6.24. The fourth-order valence-corrected chi connectivity index (χ4v) is 1.65. The summed E-state index contributed by atoms with van der Waals surface area (Å²) in [5.74, 6) is 1.91. The van der Waals surface area contributed by atoms with E-state index in [4.69, 9.17) is 14.0 Å². The minimum Gasteiger partial charge on any atom is -0.400 e. The summed E-state index contributed by atoms with van der Waals surface area (Å²) in [6.07, 6.45) is 8.00. The van der Waals surface area contributed by atoms with Gasteiger partial charge in [0.05, 0.1) is 24.4 Å². The molecule has 1 heterocycles. The Hall–Kier alpha value is -0.835. The lowest BCUT2D eigenvalue weighted by atomic mass is 9.90. The van der Waals surface area contributed by atoms with E-state index in [1.54, 1.807) is 0 Å². The maximum absolute atomic E-state index is 5.85. The third kappa shape index (κ3) is 5.27. The van der Waals surface area contributed by atoms with Crippen LogP contribution >= 0.6 is 0 Å². The van der Waals surface area contributed by atoms with E-state index in [1.165, 1.54) is 5.57 Å². The van der Waals surface area contributed by atoms with Crippen LogP contribution in [-0.2, 0) is 14.0 Å². The van der Waals surface area contributed by atoms with E-state index in [1.807, 2.05) is 51.9 Å². The largest absolute Gasteiger partial charge is 0.486 e. The molecule has 4 heteroatoms. The van der Waals surface area contributed by atoms with Gasteiger partial charge in [-0.3, -0.25) is 0 Å². The van der Waals surface area contributed by atoms with E-state index < -0.39 is 0 Å². The first-order valence-corrected chi connectivity index (χ1v) is 7.15. The molecule has 3 nitrogen and oxygen atoms in total. The Balaban J connectivity index is 2.24. The van der Waals surface area contributed by atoms with Gasteiger partial charge in [0.1, 0.15) is 0 Å². The predicted molar refractivity (Wildman–Crippen MR) is 84.6 cm³/mol. The van der Waals surface area contributed by atoms with Crippen molar-refractivity contribution >= 4 is 7.12 Å². The van der Waals surface area contributed by atoms with Crippen molar-refractivity contribution in [3.05, 3.63) is 35.9 Å². The van der Waals surface area contributed by atoms with Crippen LogP contribution in [0.3, 0.4) is 0 Å². The molecule has 0 amide bonds. The highest BCUT2D eigenvalue weighted by Crippen LogP contribution is 2.36. The molecule has 0 aromatic carbocycles.